The molecule has 0 aliphatic carbocycles. The lowest BCUT2D eigenvalue weighted by Crippen LogP contribution is -2.28. The van der Waals surface area contributed by atoms with E-state index in [1.807, 2.05) is 38.9 Å². The molecule has 1 amide bonds. The number of amides is 1. The van der Waals surface area contributed by atoms with Gasteiger partial charge >= 0.3 is 0 Å². The first-order chi connectivity index (χ1) is 11.4. The van der Waals surface area contributed by atoms with E-state index in [2.05, 4.69) is 19.7 Å². The maximum Gasteiger partial charge on any atom is 0.227 e. The van der Waals surface area contributed by atoms with E-state index in [1.165, 1.54) is 0 Å². The van der Waals surface area contributed by atoms with Crippen molar-refractivity contribution in [2.75, 3.05) is 13.1 Å². The molecule has 1 aliphatic rings. The fourth-order valence-corrected chi connectivity index (χ4v) is 3.19. The summed E-state index contributed by atoms with van der Waals surface area (Å²) in [6.45, 7) is 7.56. The van der Waals surface area contributed by atoms with Gasteiger partial charge in [0.25, 0.3) is 0 Å². The third kappa shape index (κ3) is 3.49. The highest BCUT2D eigenvalue weighted by molar-refractivity contribution is 5.76. The highest BCUT2D eigenvalue weighted by Crippen LogP contribution is 2.26. The Labute approximate surface area is 142 Å². The van der Waals surface area contributed by atoms with E-state index in [4.69, 9.17) is 4.52 Å². The van der Waals surface area contributed by atoms with Crippen LogP contribution in [0.25, 0.3) is 0 Å². The number of aromatic nitrogens is 4. The Morgan fingerprint density at radius 3 is 2.83 bits per heavy atom. The normalized spacial score (nSPS) is 17.9. The Morgan fingerprint density at radius 2 is 2.21 bits per heavy atom. The van der Waals surface area contributed by atoms with Gasteiger partial charge in [0.15, 0.2) is 5.82 Å². The number of likely N-dealkylation sites (tertiary alicyclic amines) is 1. The zero-order valence-electron chi connectivity index (χ0n) is 14.8. The molecule has 24 heavy (non-hydrogen) atoms. The minimum absolute atomic E-state index is 0.146. The van der Waals surface area contributed by atoms with Crippen LogP contribution in [0, 0.1) is 6.92 Å². The third-order valence-electron chi connectivity index (χ3n) is 4.49. The van der Waals surface area contributed by atoms with Crippen LogP contribution in [0.2, 0.25) is 0 Å². The molecule has 1 atom stereocenters. The summed E-state index contributed by atoms with van der Waals surface area (Å²) in [7, 11) is 2.02. The minimum atomic E-state index is 0.146. The minimum Gasteiger partial charge on any atom is -0.342 e. The summed E-state index contributed by atoms with van der Waals surface area (Å²) in [4.78, 5) is 23.3. The van der Waals surface area contributed by atoms with Crippen molar-refractivity contribution in [3.63, 3.8) is 0 Å². The maximum absolute atomic E-state index is 12.4. The SMILES string of the molecule is Cc1cn(C)c([C@H]2CCN(C(=O)CCc3nc(C(C)C)no3)C2)n1. The first kappa shape index (κ1) is 16.7. The number of hydrogen-bond acceptors (Lipinski definition) is 5. The standard InChI is InChI=1S/C17H25N5O2/c1-11(2)16-19-14(24-20-16)5-6-15(23)22-8-7-13(10-22)17-18-12(3)9-21(17)4/h9,11,13H,5-8,10H2,1-4H3/t13-/m0/s1. The van der Waals surface area contributed by atoms with Gasteiger partial charge in [0, 0.05) is 51.0 Å². The first-order valence-electron chi connectivity index (χ1n) is 8.54. The second-order valence-electron chi connectivity index (χ2n) is 6.88. The Morgan fingerprint density at radius 1 is 1.42 bits per heavy atom. The van der Waals surface area contributed by atoms with E-state index >= 15 is 0 Å². The van der Waals surface area contributed by atoms with Crippen LogP contribution >= 0.6 is 0 Å². The first-order valence-corrected chi connectivity index (χ1v) is 8.54. The van der Waals surface area contributed by atoms with Crippen LogP contribution in [-0.2, 0) is 18.3 Å². The van der Waals surface area contributed by atoms with Crippen molar-refractivity contribution >= 4 is 5.91 Å². The van der Waals surface area contributed by atoms with E-state index in [0.29, 0.717) is 30.5 Å². The maximum atomic E-state index is 12.4. The smallest absolute Gasteiger partial charge is 0.227 e. The molecule has 3 rings (SSSR count). The molecule has 2 aromatic rings. The summed E-state index contributed by atoms with van der Waals surface area (Å²) >= 11 is 0. The van der Waals surface area contributed by atoms with Crippen LogP contribution in [0.5, 0.6) is 0 Å². The van der Waals surface area contributed by atoms with Gasteiger partial charge in [-0.1, -0.05) is 19.0 Å². The van der Waals surface area contributed by atoms with Crippen molar-refractivity contribution in [2.45, 2.75) is 51.9 Å². The van der Waals surface area contributed by atoms with Crippen LogP contribution in [0.3, 0.4) is 0 Å². The zero-order valence-corrected chi connectivity index (χ0v) is 14.8. The number of aryl methyl sites for hydroxylation is 3. The molecule has 1 fully saturated rings. The molecule has 0 radical (unpaired) electrons. The van der Waals surface area contributed by atoms with Crippen molar-refractivity contribution in [2.24, 2.45) is 7.05 Å². The summed E-state index contributed by atoms with van der Waals surface area (Å²) < 4.78 is 7.27. The number of rotatable bonds is 5. The van der Waals surface area contributed by atoms with Gasteiger partial charge in [0.1, 0.15) is 5.82 Å². The molecular weight excluding hydrogens is 306 g/mol. The summed E-state index contributed by atoms with van der Waals surface area (Å²) in [5, 5.41) is 3.93. The van der Waals surface area contributed by atoms with Gasteiger partial charge in [-0.15, -0.1) is 0 Å². The lowest BCUT2D eigenvalue weighted by molar-refractivity contribution is -0.130. The fourth-order valence-electron chi connectivity index (χ4n) is 3.19. The van der Waals surface area contributed by atoms with Gasteiger partial charge in [-0.05, 0) is 13.3 Å². The average molecular weight is 331 g/mol. The van der Waals surface area contributed by atoms with Gasteiger partial charge < -0.3 is 14.0 Å². The summed E-state index contributed by atoms with van der Waals surface area (Å²) in [5.41, 5.74) is 1.02. The zero-order chi connectivity index (χ0) is 17.3. The molecule has 0 saturated carbocycles. The highest BCUT2D eigenvalue weighted by atomic mass is 16.5. The molecule has 130 valence electrons. The predicted molar refractivity (Wildman–Crippen MR) is 88.6 cm³/mol. The number of imidazole rings is 1. The molecular formula is C17H25N5O2. The van der Waals surface area contributed by atoms with Crippen molar-refractivity contribution in [1.82, 2.24) is 24.6 Å². The summed E-state index contributed by atoms with van der Waals surface area (Å²) in [6.07, 6.45) is 3.91. The molecule has 0 N–H and O–H groups in total. The lowest BCUT2D eigenvalue weighted by atomic mass is 10.1. The summed E-state index contributed by atoms with van der Waals surface area (Å²) in [6, 6.07) is 0. The molecule has 1 aliphatic heterocycles. The van der Waals surface area contributed by atoms with Crippen molar-refractivity contribution in [3.05, 3.63) is 29.4 Å². The van der Waals surface area contributed by atoms with Gasteiger partial charge in [-0.25, -0.2) is 4.98 Å². The topological polar surface area (TPSA) is 77.0 Å². The molecule has 1 saturated heterocycles. The third-order valence-corrected chi connectivity index (χ3v) is 4.49. The number of hydrogen-bond donors (Lipinski definition) is 0. The molecule has 0 bridgehead atoms. The fraction of sp³-hybridized carbons (Fsp3) is 0.647. The molecule has 7 nitrogen and oxygen atoms in total. The molecule has 3 heterocycles. The van der Waals surface area contributed by atoms with Crippen LogP contribution in [0.15, 0.2) is 10.7 Å². The molecule has 7 heteroatoms. The lowest BCUT2D eigenvalue weighted by Gasteiger charge is -2.16. The number of nitrogens with zero attached hydrogens (tertiary/aromatic N) is 5. The molecule has 0 aromatic carbocycles. The van der Waals surface area contributed by atoms with E-state index in [1.54, 1.807) is 0 Å². The van der Waals surface area contributed by atoms with Crippen molar-refractivity contribution < 1.29 is 9.32 Å². The second-order valence-corrected chi connectivity index (χ2v) is 6.88. The quantitative estimate of drug-likeness (QED) is 0.839. The van der Waals surface area contributed by atoms with Crippen LogP contribution in [-0.4, -0.2) is 43.6 Å². The van der Waals surface area contributed by atoms with E-state index in [9.17, 15) is 4.79 Å². The number of carbonyl (C=O) groups is 1. The largest absolute Gasteiger partial charge is 0.342 e. The Bertz CT molecular complexity index is 718. The predicted octanol–water partition coefficient (Wildman–Crippen LogP) is 2.18. The Balaban J connectivity index is 1.53. The molecule has 0 spiro atoms. The Kier molecular flexibility index (Phi) is 4.69. The van der Waals surface area contributed by atoms with E-state index in [-0.39, 0.29) is 11.8 Å². The number of carbonyl (C=O) groups excluding carboxylic acids is 1. The second kappa shape index (κ2) is 6.75. The van der Waals surface area contributed by atoms with Gasteiger partial charge in [0.2, 0.25) is 11.8 Å². The van der Waals surface area contributed by atoms with Crippen molar-refractivity contribution in [1.29, 1.82) is 0 Å². The van der Waals surface area contributed by atoms with Gasteiger partial charge in [-0.2, -0.15) is 4.98 Å². The summed E-state index contributed by atoms with van der Waals surface area (Å²) in [5.74, 6) is 3.02. The monoisotopic (exact) mass is 331 g/mol. The van der Waals surface area contributed by atoms with E-state index < -0.39 is 0 Å². The van der Waals surface area contributed by atoms with Crippen molar-refractivity contribution in [3.8, 4) is 0 Å². The highest BCUT2D eigenvalue weighted by Gasteiger charge is 2.29. The average Bonchev–Trinajstić information content (AvgIpc) is 3.24. The molecule has 0 unspecified atom stereocenters. The van der Waals surface area contributed by atoms with Crippen LogP contribution in [0.4, 0.5) is 0 Å². The van der Waals surface area contributed by atoms with Crippen LogP contribution < -0.4 is 0 Å². The molecule has 2 aromatic heterocycles. The van der Waals surface area contributed by atoms with Gasteiger partial charge in [-0.3, -0.25) is 4.79 Å². The Hall–Kier alpha value is -2.18. The van der Waals surface area contributed by atoms with Gasteiger partial charge in [0.05, 0.1) is 5.69 Å². The van der Waals surface area contributed by atoms with Crippen LogP contribution in [0.1, 0.15) is 61.8 Å². The van der Waals surface area contributed by atoms with E-state index in [0.717, 1.165) is 31.0 Å².